The number of hydrogen-bond acceptors (Lipinski definition) is 7. The van der Waals surface area contributed by atoms with Gasteiger partial charge in [-0.3, -0.25) is 0 Å². The van der Waals surface area contributed by atoms with E-state index in [9.17, 15) is 0 Å². The summed E-state index contributed by atoms with van der Waals surface area (Å²) in [5.41, 5.74) is 4.43. The molecule has 0 bridgehead atoms. The van der Waals surface area contributed by atoms with Gasteiger partial charge in [-0.2, -0.15) is 0 Å². The first kappa shape index (κ1) is 22.8. The summed E-state index contributed by atoms with van der Waals surface area (Å²) in [5.74, 6) is 2.13. The highest BCUT2D eigenvalue weighted by molar-refractivity contribution is 6.42. The van der Waals surface area contributed by atoms with Crippen LogP contribution in [0.5, 0.6) is 0 Å². The number of nitrogens with one attached hydrogen (secondary N) is 3. The summed E-state index contributed by atoms with van der Waals surface area (Å²) in [5, 5.41) is 12.9. The fraction of sp³-hybridized carbons (Fsp3) is 0.0769. The van der Waals surface area contributed by atoms with E-state index in [-0.39, 0.29) is 0 Å². The van der Waals surface area contributed by atoms with Gasteiger partial charge in [0, 0.05) is 47.5 Å². The lowest BCUT2D eigenvalue weighted by atomic mass is 10.0. The minimum atomic E-state index is 0.476. The van der Waals surface area contributed by atoms with E-state index in [1.807, 2.05) is 43.4 Å². The molecule has 0 aliphatic rings. The zero-order chi connectivity index (χ0) is 24.4. The summed E-state index contributed by atoms with van der Waals surface area (Å²) >= 11 is 12.3. The van der Waals surface area contributed by atoms with Gasteiger partial charge in [-0.15, -0.1) is 0 Å². The molecular formula is C26H21Cl2N7. The van der Waals surface area contributed by atoms with Gasteiger partial charge in [0.25, 0.3) is 0 Å². The van der Waals surface area contributed by atoms with Gasteiger partial charge in [-0.25, -0.2) is 19.9 Å². The van der Waals surface area contributed by atoms with Gasteiger partial charge in [-0.05, 0) is 48.9 Å². The second-order valence-corrected chi connectivity index (χ2v) is 8.64. The Bertz CT molecular complexity index is 1540. The van der Waals surface area contributed by atoms with Crippen LogP contribution in [0.15, 0.2) is 73.3 Å². The molecule has 9 heteroatoms. The second-order valence-electron chi connectivity index (χ2n) is 7.83. The van der Waals surface area contributed by atoms with Crippen molar-refractivity contribution in [2.24, 2.45) is 0 Å². The topological polar surface area (TPSA) is 87.7 Å². The molecule has 7 nitrogen and oxygen atoms in total. The number of fused-ring (bicyclic) bond motifs is 1. The van der Waals surface area contributed by atoms with Gasteiger partial charge in [0.05, 0.1) is 21.4 Å². The first-order valence-electron chi connectivity index (χ1n) is 10.9. The zero-order valence-electron chi connectivity index (χ0n) is 19.0. The highest BCUT2D eigenvalue weighted by Crippen LogP contribution is 2.36. The number of aryl methyl sites for hydroxylation is 1. The molecule has 0 spiro atoms. The molecule has 3 N–H and O–H groups in total. The Kier molecular flexibility index (Phi) is 6.35. The van der Waals surface area contributed by atoms with Crippen LogP contribution in [0.3, 0.4) is 0 Å². The van der Waals surface area contributed by atoms with Crippen LogP contribution in [0.4, 0.5) is 28.8 Å². The number of pyridine rings is 2. The van der Waals surface area contributed by atoms with E-state index in [0.29, 0.717) is 21.7 Å². The number of benzene rings is 2. The Hall–Kier alpha value is -3.94. The average Bonchev–Trinajstić information content (AvgIpc) is 2.88. The van der Waals surface area contributed by atoms with Crippen molar-refractivity contribution in [3.63, 3.8) is 0 Å². The number of anilines is 5. The van der Waals surface area contributed by atoms with Crippen LogP contribution in [0, 0.1) is 6.92 Å². The molecule has 174 valence electrons. The second kappa shape index (κ2) is 9.74. The number of halogens is 2. The number of rotatable bonds is 6. The van der Waals surface area contributed by atoms with Crippen molar-refractivity contribution < 1.29 is 0 Å². The molecule has 5 rings (SSSR count). The summed E-state index contributed by atoms with van der Waals surface area (Å²) < 4.78 is 0. The molecule has 0 fully saturated rings. The third kappa shape index (κ3) is 4.69. The van der Waals surface area contributed by atoms with Gasteiger partial charge >= 0.3 is 0 Å². The maximum absolute atomic E-state index is 6.20. The van der Waals surface area contributed by atoms with Crippen molar-refractivity contribution in [2.45, 2.75) is 6.92 Å². The number of aromatic nitrogens is 4. The molecule has 2 aromatic carbocycles. The van der Waals surface area contributed by atoms with Crippen molar-refractivity contribution in [3.8, 4) is 11.3 Å². The first-order valence-corrected chi connectivity index (χ1v) is 11.6. The highest BCUT2D eigenvalue weighted by Gasteiger charge is 2.14. The van der Waals surface area contributed by atoms with E-state index in [2.05, 4.69) is 48.9 Å². The van der Waals surface area contributed by atoms with Crippen LogP contribution >= 0.6 is 23.2 Å². The molecule has 0 saturated heterocycles. The minimum absolute atomic E-state index is 0.476. The van der Waals surface area contributed by atoms with Crippen molar-refractivity contribution >= 4 is 62.8 Å². The predicted molar refractivity (Wildman–Crippen MR) is 144 cm³/mol. The van der Waals surface area contributed by atoms with Crippen molar-refractivity contribution in [3.05, 3.63) is 88.9 Å². The molecule has 35 heavy (non-hydrogen) atoms. The predicted octanol–water partition coefficient (Wildman–Crippen LogP) is 7.23. The van der Waals surface area contributed by atoms with Gasteiger partial charge in [0.1, 0.15) is 23.8 Å². The van der Waals surface area contributed by atoms with E-state index in [4.69, 9.17) is 23.2 Å². The third-order valence-corrected chi connectivity index (χ3v) is 6.33. The van der Waals surface area contributed by atoms with Crippen LogP contribution in [0.25, 0.3) is 22.0 Å². The highest BCUT2D eigenvalue weighted by atomic mass is 35.5. The Morgan fingerprint density at radius 1 is 0.743 bits per heavy atom. The summed E-state index contributed by atoms with van der Waals surface area (Å²) in [4.78, 5) is 17.8. The molecule has 0 radical (unpaired) electrons. The fourth-order valence-corrected chi connectivity index (χ4v) is 4.11. The van der Waals surface area contributed by atoms with Crippen molar-refractivity contribution in [1.82, 2.24) is 19.9 Å². The summed E-state index contributed by atoms with van der Waals surface area (Å²) in [7, 11) is 1.83. The van der Waals surface area contributed by atoms with Gasteiger partial charge in [0.2, 0.25) is 0 Å². The van der Waals surface area contributed by atoms with Crippen LogP contribution in [0.2, 0.25) is 10.0 Å². The van der Waals surface area contributed by atoms with Crippen LogP contribution in [-0.2, 0) is 0 Å². The zero-order valence-corrected chi connectivity index (χ0v) is 20.5. The van der Waals surface area contributed by atoms with Crippen molar-refractivity contribution in [2.75, 3.05) is 23.0 Å². The third-order valence-electron chi connectivity index (χ3n) is 5.59. The lowest BCUT2D eigenvalue weighted by Gasteiger charge is -2.17. The summed E-state index contributed by atoms with van der Waals surface area (Å²) in [6.45, 7) is 2.06. The maximum atomic E-state index is 6.20. The summed E-state index contributed by atoms with van der Waals surface area (Å²) in [6.07, 6.45) is 5.06. The Morgan fingerprint density at radius 3 is 2.43 bits per heavy atom. The van der Waals surface area contributed by atoms with E-state index >= 15 is 0 Å². The average molecular weight is 502 g/mol. The molecule has 0 unspecified atom stereocenters. The molecule has 0 amide bonds. The van der Waals surface area contributed by atoms with Crippen LogP contribution in [0.1, 0.15) is 5.56 Å². The molecule has 0 saturated carbocycles. The number of nitrogens with zero attached hydrogens (tertiary/aromatic N) is 4. The Balaban J connectivity index is 1.56. The Morgan fingerprint density at radius 2 is 1.60 bits per heavy atom. The minimum Gasteiger partial charge on any atom is -0.373 e. The molecule has 0 aliphatic heterocycles. The van der Waals surface area contributed by atoms with Gasteiger partial charge < -0.3 is 16.0 Å². The van der Waals surface area contributed by atoms with Crippen LogP contribution < -0.4 is 16.0 Å². The molecule has 0 aliphatic carbocycles. The van der Waals surface area contributed by atoms with E-state index in [1.54, 1.807) is 24.5 Å². The standard InChI is InChI=1S/C26H21Cl2N7/c1-15-5-7-18-17(9-11-31-25(18)34-16-6-8-20(27)21(28)12-16)24(15)35-26-19(4-3-10-30-26)22-13-23(29-2)33-14-32-22/h3-14H,1-2H3,(H,30,35)(H,31,34)(H,29,32,33). The van der Waals surface area contributed by atoms with E-state index in [0.717, 1.165) is 44.8 Å². The smallest absolute Gasteiger partial charge is 0.139 e. The molecular weight excluding hydrogens is 481 g/mol. The fourth-order valence-electron chi connectivity index (χ4n) is 3.81. The Labute approximate surface area is 212 Å². The molecule has 3 aromatic heterocycles. The molecule has 5 aromatic rings. The molecule has 0 atom stereocenters. The van der Waals surface area contributed by atoms with Crippen LogP contribution in [-0.4, -0.2) is 27.0 Å². The monoisotopic (exact) mass is 501 g/mol. The quantitative estimate of drug-likeness (QED) is 0.226. The lowest BCUT2D eigenvalue weighted by molar-refractivity contribution is 1.16. The normalized spacial score (nSPS) is 10.9. The summed E-state index contributed by atoms with van der Waals surface area (Å²) in [6, 6.07) is 17.2. The molecule has 3 heterocycles. The first-order chi connectivity index (χ1) is 17.0. The van der Waals surface area contributed by atoms with Crippen molar-refractivity contribution in [1.29, 1.82) is 0 Å². The van der Waals surface area contributed by atoms with E-state index in [1.165, 1.54) is 6.33 Å². The van der Waals surface area contributed by atoms with Gasteiger partial charge in [-0.1, -0.05) is 35.3 Å². The lowest BCUT2D eigenvalue weighted by Crippen LogP contribution is -2.02. The van der Waals surface area contributed by atoms with Gasteiger partial charge in [0.15, 0.2) is 0 Å². The maximum Gasteiger partial charge on any atom is 0.139 e. The van der Waals surface area contributed by atoms with E-state index < -0.39 is 0 Å². The largest absolute Gasteiger partial charge is 0.373 e. The SMILES string of the molecule is CNc1cc(-c2cccnc2Nc2c(C)ccc3c(Nc4ccc(Cl)c(Cl)c4)nccc23)ncn1. The number of hydrogen-bond donors (Lipinski definition) is 3.